The van der Waals surface area contributed by atoms with Crippen LogP contribution in [0.3, 0.4) is 0 Å². The van der Waals surface area contributed by atoms with Crippen LogP contribution in [0, 0.1) is 20.8 Å². The van der Waals surface area contributed by atoms with E-state index >= 15 is 0 Å². The number of esters is 1. The Bertz CT molecular complexity index is 496. The number of aryl methyl sites for hydroxylation is 1. The normalized spacial score (nSPS) is 13.4. The van der Waals surface area contributed by atoms with E-state index in [9.17, 15) is 4.79 Å². The third kappa shape index (κ3) is 1.54. The van der Waals surface area contributed by atoms with E-state index in [0.29, 0.717) is 6.42 Å². The van der Waals surface area contributed by atoms with Crippen LogP contribution in [-0.4, -0.2) is 13.1 Å². The SMILES string of the molecule is COC(=O)C1=Cc2c(cc(C)c(C)c2C)C1. The number of rotatable bonds is 1. The maximum Gasteiger partial charge on any atom is 0.334 e. The Morgan fingerprint density at radius 2 is 1.94 bits per heavy atom. The first-order valence-corrected chi connectivity index (χ1v) is 5.43. The van der Waals surface area contributed by atoms with Crippen LogP contribution in [0.1, 0.15) is 27.8 Å². The highest BCUT2D eigenvalue weighted by atomic mass is 16.5. The fraction of sp³-hybridized carbons (Fsp3) is 0.357. The lowest BCUT2D eigenvalue weighted by molar-refractivity contribution is -0.136. The molecule has 2 nitrogen and oxygen atoms in total. The standard InChI is InChI=1S/C14H16O2/c1-8-5-11-6-12(14(15)16-4)7-13(11)10(3)9(8)2/h5,7H,6H2,1-4H3. The van der Waals surface area contributed by atoms with Gasteiger partial charge in [0.2, 0.25) is 0 Å². The summed E-state index contributed by atoms with van der Waals surface area (Å²) in [7, 11) is 1.43. The third-order valence-electron chi connectivity index (χ3n) is 3.44. The molecule has 0 atom stereocenters. The molecule has 0 spiro atoms. The second kappa shape index (κ2) is 3.78. The van der Waals surface area contributed by atoms with E-state index < -0.39 is 0 Å². The second-order valence-corrected chi connectivity index (χ2v) is 4.35. The zero-order chi connectivity index (χ0) is 11.9. The molecular weight excluding hydrogens is 200 g/mol. The average molecular weight is 216 g/mol. The summed E-state index contributed by atoms with van der Waals surface area (Å²) >= 11 is 0. The van der Waals surface area contributed by atoms with Gasteiger partial charge >= 0.3 is 5.97 Å². The number of carbonyl (C=O) groups excluding carboxylic acids is 1. The molecular formula is C14H16O2. The van der Waals surface area contributed by atoms with Gasteiger partial charge in [-0.1, -0.05) is 6.07 Å². The molecule has 84 valence electrons. The first-order valence-electron chi connectivity index (χ1n) is 5.43. The maximum absolute atomic E-state index is 11.5. The van der Waals surface area contributed by atoms with E-state index in [1.165, 1.54) is 34.9 Å². The lowest BCUT2D eigenvalue weighted by Gasteiger charge is -2.10. The highest BCUT2D eigenvalue weighted by Gasteiger charge is 2.21. The van der Waals surface area contributed by atoms with Crippen molar-refractivity contribution in [3.63, 3.8) is 0 Å². The Morgan fingerprint density at radius 1 is 1.25 bits per heavy atom. The monoisotopic (exact) mass is 216 g/mol. The minimum absolute atomic E-state index is 0.217. The number of benzene rings is 1. The van der Waals surface area contributed by atoms with Crippen molar-refractivity contribution in [3.8, 4) is 0 Å². The summed E-state index contributed by atoms with van der Waals surface area (Å²) in [6.07, 6.45) is 2.66. The molecule has 2 rings (SSSR count). The Labute approximate surface area is 95.9 Å². The molecule has 0 heterocycles. The van der Waals surface area contributed by atoms with E-state index in [-0.39, 0.29) is 5.97 Å². The molecule has 0 unspecified atom stereocenters. The van der Waals surface area contributed by atoms with Crippen molar-refractivity contribution in [2.45, 2.75) is 27.2 Å². The number of hydrogen-bond donors (Lipinski definition) is 0. The summed E-state index contributed by atoms with van der Waals surface area (Å²) in [6.45, 7) is 6.34. The van der Waals surface area contributed by atoms with Crippen LogP contribution in [0.5, 0.6) is 0 Å². The van der Waals surface area contributed by atoms with Crippen molar-refractivity contribution in [1.29, 1.82) is 0 Å². The summed E-state index contributed by atoms with van der Waals surface area (Å²) in [5, 5.41) is 0. The van der Waals surface area contributed by atoms with Crippen molar-refractivity contribution in [1.82, 2.24) is 0 Å². The van der Waals surface area contributed by atoms with Crippen molar-refractivity contribution in [3.05, 3.63) is 39.5 Å². The molecule has 0 bridgehead atoms. The van der Waals surface area contributed by atoms with E-state index in [1.54, 1.807) is 0 Å². The molecule has 0 aliphatic heterocycles. The molecule has 0 saturated carbocycles. The largest absolute Gasteiger partial charge is 0.466 e. The van der Waals surface area contributed by atoms with Gasteiger partial charge in [-0.05, 0) is 54.7 Å². The molecule has 0 aromatic heterocycles. The number of hydrogen-bond acceptors (Lipinski definition) is 2. The minimum atomic E-state index is -0.217. The lowest BCUT2D eigenvalue weighted by Crippen LogP contribution is -2.04. The molecule has 1 aromatic rings. The predicted octanol–water partition coefficient (Wildman–Crippen LogP) is 2.72. The van der Waals surface area contributed by atoms with Crippen LogP contribution in [0.4, 0.5) is 0 Å². The van der Waals surface area contributed by atoms with Crippen LogP contribution < -0.4 is 0 Å². The number of methoxy groups -OCH3 is 1. The van der Waals surface area contributed by atoms with Gasteiger partial charge in [-0.25, -0.2) is 4.79 Å². The number of ether oxygens (including phenoxy) is 1. The predicted molar refractivity (Wildman–Crippen MR) is 64.4 cm³/mol. The van der Waals surface area contributed by atoms with Crippen molar-refractivity contribution in [2.24, 2.45) is 0 Å². The minimum Gasteiger partial charge on any atom is -0.466 e. The van der Waals surface area contributed by atoms with E-state index in [2.05, 4.69) is 26.8 Å². The van der Waals surface area contributed by atoms with E-state index in [0.717, 1.165) is 5.57 Å². The highest BCUT2D eigenvalue weighted by molar-refractivity contribution is 5.97. The van der Waals surface area contributed by atoms with Gasteiger partial charge in [0.15, 0.2) is 0 Å². The molecule has 1 aliphatic carbocycles. The van der Waals surface area contributed by atoms with Gasteiger partial charge in [0, 0.05) is 12.0 Å². The molecule has 1 aromatic carbocycles. The zero-order valence-corrected chi connectivity index (χ0v) is 10.2. The van der Waals surface area contributed by atoms with Crippen LogP contribution in [-0.2, 0) is 16.0 Å². The first kappa shape index (κ1) is 10.9. The highest BCUT2D eigenvalue weighted by Crippen LogP contribution is 2.31. The summed E-state index contributed by atoms with van der Waals surface area (Å²) in [5.74, 6) is -0.217. The molecule has 0 amide bonds. The zero-order valence-electron chi connectivity index (χ0n) is 10.2. The molecule has 0 fully saturated rings. The fourth-order valence-corrected chi connectivity index (χ4v) is 2.23. The van der Waals surface area contributed by atoms with Gasteiger partial charge in [-0.15, -0.1) is 0 Å². The molecule has 0 radical (unpaired) electrons. The molecule has 0 N–H and O–H groups in total. The number of carbonyl (C=O) groups is 1. The summed E-state index contributed by atoms with van der Waals surface area (Å²) in [5.41, 5.74) is 7.06. The second-order valence-electron chi connectivity index (χ2n) is 4.35. The van der Waals surface area contributed by atoms with E-state index in [4.69, 9.17) is 4.74 Å². The van der Waals surface area contributed by atoms with Crippen LogP contribution in [0.25, 0.3) is 6.08 Å². The first-order chi connectivity index (χ1) is 7.54. The maximum atomic E-state index is 11.5. The fourth-order valence-electron chi connectivity index (χ4n) is 2.23. The summed E-state index contributed by atoms with van der Waals surface area (Å²) < 4.78 is 4.76. The van der Waals surface area contributed by atoms with Crippen molar-refractivity contribution >= 4 is 12.0 Å². The van der Waals surface area contributed by atoms with Crippen LogP contribution in [0.2, 0.25) is 0 Å². The Balaban J connectivity index is 2.50. The lowest BCUT2D eigenvalue weighted by atomic mass is 9.95. The smallest absolute Gasteiger partial charge is 0.334 e. The molecule has 2 heteroatoms. The van der Waals surface area contributed by atoms with Crippen LogP contribution in [0.15, 0.2) is 11.6 Å². The summed E-state index contributed by atoms with van der Waals surface area (Å²) in [6, 6.07) is 2.17. The third-order valence-corrected chi connectivity index (χ3v) is 3.44. The Morgan fingerprint density at radius 3 is 2.56 bits per heavy atom. The molecule has 1 aliphatic rings. The average Bonchev–Trinajstić information content (AvgIpc) is 2.69. The summed E-state index contributed by atoms with van der Waals surface area (Å²) in [4.78, 5) is 11.5. The quantitative estimate of drug-likeness (QED) is 0.675. The van der Waals surface area contributed by atoms with Crippen LogP contribution >= 0.6 is 0 Å². The van der Waals surface area contributed by atoms with Crippen molar-refractivity contribution < 1.29 is 9.53 Å². The van der Waals surface area contributed by atoms with Gasteiger partial charge in [0.1, 0.15) is 0 Å². The van der Waals surface area contributed by atoms with Gasteiger partial charge in [-0.2, -0.15) is 0 Å². The van der Waals surface area contributed by atoms with Crippen molar-refractivity contribution in [2.75, 3.05) is 7.11 Å². The van der Waals surface area contributed by atoms with Gasteiger partial charge in [-0.3, -0.25) is 0 Å². The molecule has 16 heavy (non-hydrogen) atoms. The van der Waals surface area contributed by atoms with Gasteiger partial charge in [0.25, 0.3) is 0 Å². The Kier molecular flexibility index (Phi) is 2.58. The molecule has 0 saturated heterocycles. The topological polar surface area (TPSA) is 26.3 Å². The van der Waals surface area contributed by atoms with Gasteiger partial charge < -0.3 is 4.74 Å². The van der Waals surface area contributed by atoms with E-state index in [1.807, 2.05) is 6.08 Å². The Hall–Kier alpha value is -1.57. The number of fused-ring (bicyclic) bond motifs is 1. The van der Waals surface area contributed by atoms with Gasteiger partial charge in [0.05, 0.1) is 7.11 Å².